The van der Waals surface area contributed by atoms with Crippen LogP contribution in [0.4, 0.5) is 0 Å². The van der Waals surface area contributed by atoms with E-state index in [0.29, 0.717) is 0 Å². The van der Waals surface area contributed by atoms with E-state index in [9.17, 15) is 0 Å². The molecule has 0 unspecified atom stereocenters. The van der Waals surface area contributed by atoms with Crippen LogP contribution in [0.25, 0.3) is 0 Å². The summed E-state index contributed by atoms with van der Waals surface area (Å²) in [5, 5.41) is 0. The van der Waals surface area contributed by atoms with E-state index in [1.807, 2.05) is 0 Å². The first-order chi connectivity index (χ1) is 8.00. The van der Waals surface area contributed by atoms with Gasteiger partial charge in [0, 0.05) is 0 Å². The van der Waals surface area contributed by atoms with Gasteiger partial charge in [-0.05, 0) is 0 Å². The molecule has 0 aliphatic heterocycles. The molecule has 0 saturated heterocycles. The van der Waals surface area contributed by atoms with E-state index in [1.54, 1.807) is 0 Å². The van der Waals surface area contributed by atoms with E-state index in [1.165, 1.54) is 0 Å². The molecule has 0 atom stereocenters. The fourth-order valence-corrected chi connectivity index (χ4v) is 0. The summed E-state index contributed by atoms with van der Waals surface area (Å²) >= 11 is 0. The molecule has 1 radical (unpaired) electrons. The molecule has 0 amide bonds. The van der Waals surface area contributed by atoms with Gasteiger partial charge in [-0.15, -0.1) is 0 Å². The molecule has 22 heavy (non-hydrogen) atoms. The summed E-state index contributed by atoms with van der Waals surface area (Å²) in [5.74, 6) is 0. The second-order valence-corrected chi connectivity index (χ2v) is 5.89. The molecule has 0 aliphatic rings. The number of rotatable bonds is 0. The SMILES string of the molecule is O=P([O-])(O)O.O=P([O-])(O)O.O=P([O-])(O)O.O=P([O-])(O)O.[Fe+3].[NH4+]. The van der Waals surface area contributed by atoms with Gasteiger partial charge in [0.25, 0.3) is 31.3 Å². The maximum atomic E-state index is 8.77. The fraction of sp³-hybridized carbons (Fsp3) is 0. The van der Waals surface area contributed by atoms with Crippen LogP contribution in [0.1, 0.15) is 0 Å². The molecule has 17 nitrogen and oxygen atoms in total. The zero-order valence-electron chi connectivity index (χ0n) is 9.99. The summed E-state index contributed by atoms with van der Waals surface area (Å²) in [6.45, 7) is 0. The van der Waals surface area contributed by atoms with E-state index in [4.69, 9.17) is 77.0 Å². The summed E-state index contributed by atoms with van der Waals surface area (Å²) < 4.78 is 35.1. The van der Waals surface area contributed by atoms with Crippen molar-refractivity contribution in [3.05, 3.63) is 0 Å². The van der Waals surface area contributed by atoms with Gasteiger partial charge in [0.15, 0.2) is 0 Å². The Bertz CT molecular complexity index is 291. The molecular formula is H12FeNO16P4. The predicted octanol–water partition coefficient (Wildman–Crippen LogP) is -5.87. The van der Waals surface area contributed by atoms with Crippen molar-refractivity contribution in [1.29, 1.82) is 0 Å². The van der Waals surface area contributed by atoms with Crippen molar-refractivity contribution in [2.24, 2.45) is 0 Å². The maximum absolute atomic E-state index is 8.77. The van der Waals surface area contributed by atoms with Gasteiger partial charge < -0.3 is 64.9 Å². The number of hydrogen-bond donors (Lipinski definition) is 9. The third-order valence-electron chi connectivity index (χ3n) is 0. The molecule has 0 heterocycles. The number of hydrogen-bond acceptors (Lipinski definition) is 8. The van der Waals surface area contributed by atoms with Crippen LogP contribution in [0.2, 0.25) is 0 Å². The van der Waals surface area contributed by atoms with E-state index in [-0.39, 0.29) is 23.2 Å². The van der Waals surface area contributed by atoms with Crippen molar-refractivity contribution in [3.63, 3.8) is 0 Å². The van der Waals surface area contributed by atoms with E-state index in [2.05, 4.69) is 0 Å². The Kier molecular flexibility index (Phi) is 27.0. The van der Waals surface area contributed by atoms with E-state index >= 15 is 0 Å². The zero-order valence-corrected chi connectivity index (χ0v) is 14.7. The first-order valence-corrected chi connectivity index (χ1v) is 9.18. The Morgan fingerprint density at radius 2 is 0.455 bits per heavy atom. The minimum Gasteiger partial charge on any atom is -0.756 e. The number of quaternary nitrogens is 1. The third-order valence-corrected chi connectivity index (χ3v) is 0. The van der Waals surface area contributed by atoms with Crippen molar-refractivity contribution in [3.8, 4) is 0 Å². The maximum Gasteiger partial charge on any atom is 3.00 e. The molecular weight excluding hydrogens is 450 g/mol. The van der Waals surface area contributed by atoms with Crippen LogP contribution in [-0.4, -0.2) is 39.1 Å². The van der Waals surface area contributed by atoms with Crippen LogP contribution in [0.5, 0.6) is 0 Å². The van der Waals surface area contributed by atoms with E-state index < -0.39 is 31.3 Å². The molecule has 0 rings (SSSR count). The summed E-state index contributed by atoms with van der Waals surface area (Å²) in [4.78, 5) is 91.7. The minimum atomic E-state index is -4.89. The van der Waals surface area contributed by atoms with Gasteiger partial charge in [-0.1, -0.05) is 0 Å². The fourth-order valence-electron chi connectivity index (χ4n) is 0. The largest absolute Gasteiger partial charge is 3.00 e. The van der Waals surface area contributed by atoms with Crippen molar-refractivity contribution in [2.45, 2.75) is 0 Å². The Morgan fingerprint density at radius 1 is 0.455 bits per heavy atom. The molecule has 0 aromatic heterocycles. The average molecular weight is 462 g/mol. The smallest absolute Gasteiger partial charge is 0.756 e. The topological polar surface area (TPSA) is 359 Å². The minimum absolute atomic E-state index is 0. The van der Waals surface area contributed by atoms with Crippen LogP contribution in [0.3, 0.4) is 0 Å². The van der Waals surface area contributed by atoms with Gasteiger partial charge in [-0.25, -0.2) is 0 Å². The van der Waals surface area contributed by atoms with Crippen LogP contribution < -0.4 is 25.7 Å². The van der Waals surface area contributed by atoms with Crippen LogP contribution >= 0.6 is 31.3 Å². The van der Waals surface area contributed by atoms with Gasteiger partial charge in [0.2, 0.25) is 0 Å². The summed E-state index contributed by atoms with van der Waals surface area (Å²) in [6, 6.07) is 0. The molecule has 22 heteroatoms. The monoisotopic (exact) mass is 462 g/mol. The Morgan fingerprint density at radius 3 is 0.455 bits per heavy atom. The first-order valence-electron chi connectivity index (χ1n) is 3.06. The van der Waals surface area contributed by atoms with Crippen LogP contribution in [0, 0.1) is 0 Å². The standard InChI is InChI=1S/Fe.H3N.4H3O4P/c;;4*1-5(2,3)4/h;1H3;4*(H3,1,2,3,4)/q+3;;;;;/p-3. The molecule has 0 fully saturated rings. The summed E-state index contributed by atoms with van der Waals surface area (Å²) in [5.41, 5.74) is 0. The second kappa shape index (κ2) is 15.4. The first kappa shape index (κ1) is 38.5. The van der Waals surface area contributed by atoms with Crippen molar-refractivity contribution in [2.75, 3.05) is 0 Å². The van der Waals surface area contributed by atoms with E-state index in [0.717, 1.165) is 0 Å². The zero-order chi connectivity index (χ0) is 18.0. The Labute approximate surface area is 132 Å². The van der Waals surface area contributed by atoms with Crippen molar-refractivity contribution in [1.82, 2.24) is 6.15 Å². The van der Waals surface area contributed by atoms with Gasteiger partial charge >= 0.3 is 17.1 Å². The molecule has 12 N–H and O–H groups in total. The van der Waals surface area contributed by atoms with Gasteiger partial charge in [0.05, 0.1) is 0 Å². The normalized spacial score (nSPS) is 10.7. The predicted molar refractivity (Wildman–Crippen MR) is 54.2 cm³/mol. The third kappa shape index (κ3) is 9820. The van der Waals surface area contributed by atoms with Crippen LogP contribution in [-0.2, 0) is 35.3 Å². The Hall–Kier alpha value is 0.919. The van der Waals surface area contributed by atoms with Gasteiger partial charge in [0.1, 0.15) is 0 Å². The molecule has 0 aliphatic carbocycles. The van der Waals surface area contributed by atoms with Crippen molar-refractivity contribution >= 4 is 31.3 Å². The molecule has 0 aromatic rings. The van der Waals surface area contributed by atoms with Crippen molar-refractivity contribution < 1.29 is 94.0 Å². The molecule has 0 spiro atoms. The average Bonchev–Trinajstić information content (AvgIpc) is 1.62. The summed E-state index contributed by atoms with van der Waals surface area (Å²) in [6.07, 6.45) is 0. The second-order valence-electron chi connectivity index (χ2n) is 1.96. The number of phosphoric acid groups is 4. The Balaban J connectivity index is -0.0000000376. The van der Waals surface area contributed by atoms with Crippen LogP contribution in [0.15, 0.2) is 0 Å². The summed E-state index contributed by atoms with van der Waals surface area (Å²) in [7, 11) is -19.6. The van der Waals surface area contributed by atoms with Gasteiger partial charge in [-0.3, -0.25) is 18.3 Å². The molecule has 141 valence electrons. The van der Waals surface area contributed by atoms with Gasteiger partial charge in [-0.2, -0.15) is 0 Å². The molecule has 0 aromatic carbocycles. The quantitative estimate of drug-likeness (QED) is 0.119. The molecule has 0 saturated carbocycles. The molecule has 0 bridgehead atoms.